The van der Waals surface area contributed by atoms with Gasteiger partial charge in [-0.15, -0.1) is 0 Å². The molecule has 1 aromatic rings. The van der Waals surface area contributed by atoms with E-state index in [4.69, 9.17) is 5.73 Å². The maximum Gasteiger partial charge on any atom is 0.149 e. The molecule has 0 spiro atoms. The third kappa shape index (κ3) is 3.91. The Morgan fingerprint density at radius 1 is 1.24 bits per heavy atom. The van der Waals surface area contributed by atoms with Crippen molar-refractivity contribution in [1.29, 1.82) is 0 Å². The van der Waals surface area contributed by atoms with Gasteiger partial charge in [-0.25, -0.2) is 4.98 Å². The van der Waals surface area contributed by atoms with Crippen LogP contribution in [-0.2, 0) is 0 Å². The predicted molar refractivity (Wildman–Crippen MR) is 75.0 cm³/mol. The number of nitrogen functional groups attached to an aromatic ring is 1. The molecule has 0 atom stereocenters. The van der Waals surface area contributed by atoms with Crippen molar-refractivity contribution < 1.29 is 0 Å². The van der Waals surface area contributed by atoms with Gasteiger partial charge in [-0.1, -0.05) is 27.7 Å². The fourth-order valence-corrected chi connectivity index (χ4v) is 2.20. The van der Waals surface area contributed by atoms with Gasteiger partial charge in [0.05, 0.1) is 5.69 Å². The Morgan fingerprint density at radius 3 is 2.29 bits per heavy atom. The smallest absolute Gasteiger partial charge is 0.149 e. The van der Waals surface area contributed by atoms with E-state index >= 15 is 0 Å². The van der Waals surface area contributed by atoms with Crippen LogP contribution in [0.15, 0.2) is 12.3 Å². The lowest BCUT2D eigenvalue weighted by atomic mass is 9.85. The Bertz CT molecular complexity index is 350. The quantitative estimate of drug-likeness (QED) is 0.823. The summed E-state index contributed by atoms with van der Waals surface area (Å²) in [7, 11) is 0. The van der Waals surface area contributed by atoms with E-state index in [0.717, 1.165) is 23.6 Å². The molecular weight excluding hydrogens is 210 g/mol. The standard InChI is InChI=1S/C14H25N3/c1-9(2)12(10(3)4)8-17-14-13(15)6-11(5)7-16-14/h6-7,9-10,12H,8,15H2,1-5H3,(H,16,17). The molecule has 0 aliphatic carbocycles. The molecule has 0 amide bonds. The summed E-state index contributed by atoms with van der Waals surface area (Å²) in [4.78, 5) is 4.33. The SMILES string of the molecule is Cc1cnc(NCC(C(C)C)C(C)C)c(N)c1. The van der Waals surface area contributed by atoms with E-state index in [1.54, 1.807) is 0 Å². The van der Waals surface area contributed by atoms with Crippen molar-refractivity contribution in [2.45, 2.75) is 34.6 Å². The first-order chi connectivity index (χ1) is 7.91. The Morgan fingerprint density at radius 2 is 1.82 bits per heavy atom. The minimum atomic E-state index is 0.637. The summed E-state index contributed by atoms with van der Waals surface area (Å²) in [5.41, 5.74) is 7.76. The molecule has 1 aromatic heterocycles. The third-order valence-corrected chi connectivity index (χ3v) is 3.27. The van der Waals surface area contributed by atoms with Crippen molar-refractivity contribution in [1.82, 2.24) is 4.98 Å². The van der Waals surface area contributed by atoms with E-state index in [0.29, 0.717) is 17.8 Å². The monoisotopic (exact) mass is 235 g/mol. The summed E-state index contributed by atoms with van der Waals surface area (Å²) >= 11 is 0. The normalized spacial score (nSPS) is 11.5. The topological polar surface area (TPSA) is 50.9 Å². The summed E-state index contributed by atoms with van der Waals surface area (Å²) in [5, 5.41) is 3.37. The molecule has 3 N–H and O–H groups in total. The van der Waals surface area contributed by atoms with Crippen molar-refractivity contribution in [2.75, 3.05) is 17.6 Å². The molecule has 17 heavy (non-hydrogen) atoms. The van der Waals surface area contributed by atoms with Crippen LogP contribution in [0.1, 0.15) is 33.3 Å². The maximum atomic E-state index is 5.93. The van der Waals surface area contributed by atoms with Crippen LogP contribution in [0.2, 0.25) is 0 Å². The molecule has 0 unspecified atom stereocenters. The summed E-state index contributed by atoms with van der Waals surface area (Å²) < 4.78 is 0. The summed E-state index contributed by atoms with van der Waals surface area (Å²) in [5.74, 6) is 2.77. The molecule has 0 saturated carbocycles. The lowest BCUT2D eigenvalue weighted by Crippen LogP contribution is -2.25. The molecule has 1 heterocycles. The number of aryl methyl sites for hydroxylation is 1. The second-order valence-corrected chi connectivity index (χ2v) is 5.48. The average molecular weight is 235 g/mol. The average Bonchev–Trinajstić information content (AvgIpc) is 2.20. The van der Waals surface area contributed by atoms with Crippen molar-refractivity contribution in [3.63, 3.8) is 0 Å². The van der Waals surface area contributed by atoms with Gasteiger partial charge in [0.1, 0.15) is 5.82 Å². The molecule has 0 aliphatic heterocycles. The van der Waals surface area contributed by atoms with Crippen molar-refractivity contribution in [2.24, 2.45) is 17.8 Å². The zero-order valence-electron chi connectivity index (χ0n) is 11.6. The van der Waals surface area contributed by atoms with Crippen molar-refractivity contribution in [3.8, 4) is 0 Å². The van der Waals surface area contributed by atoms with Gasteiger partial charge in [-0.3, -0.25) is 0 Å². The maximum absolute atomic E-state index is 5.93. The Balaban J connectivity index is 2.65. The highest BCUT2D eigenvalue weighted by molar-refractivity contribution is 5.61. The van der Waals surface area contributed by atoms with Gasteiger partial charge in [0.2, 0.25) is 0 Å². The molecule has 0 aromatic carbocycles. The predicted octanol–water partition coefficient (Wildman–Crippen LogP) is 3.31. The highest BCUT2D eigenvalue weighted by Gasteiger charge is 2.17. The number of aromatic nitrogens is 1. The van der Waals surface area contributed by atoms with Gasteiger partial charge in [0.25, 0.3) is 0 Å². The van der Waals surface area contributed by atoms with Gasteiger partial charge in [-0.2, -0.15) is 0 Å². The highest BCUT2D eigenvalue weighted by atomic mass is 15.0. The van der Waals surface area contributed by atoms with Crippen LogP contribution in [0.5, 0.6) is 0 Å². The van der Waals surface area contributed by atoms with Gasteiger partial charge < -0.3 is 11.1 Å². The minimum Gasteiger partial charge on any atom is -0.396 e. The highest BCUT2D eigenvalue weighted by Crippen LogP contribution is 2.22. The molecular formula is C14H25N3. The largest absolute Gasteiger partial charge is 0.396 e. The van der Waals surface area contributed by atoms with Crippen LogP contribution in [0, 0.1) is 24.7 Å². The Labute approximate surface area is 105 Å². The molecule has 3 nitrogen and oxygen atoms in total. The van der Waals surface area contributed by atoms with E-state index in [2.05, 4.69) is 38.0 Å². The first-order valence-corrected chi connectivity index (χ1v) is 6.37. The first-order valence-electron chi connectivity index (χ1n) is 6.37. The number of anilines is 2. The van der Waals surface area contributed by atoms with E-state index in [9.17, 15) is 0 Å². The molecule has 3 heteroatoms. The van der Waals surface area contributed by atoms with E-state index in [1.165, 1.54) is 0 Å². The number of nitrogens with zero attached hydrogens (tertiary/aromatic N) is 1. The van der Waals surface area contributed by atoms with Crippen LogP contribution in [0.4, 0.5) is 11.5 Å². The number of nitrogens with two attached hydrogens (primary N) is 1. The third-order valence-electron chi connectivity index (χ3n) is 3.27. The fraction of sp³-hybridized carbons (Fsp3) is 0.643. The van der Waals surface area contributed by atoms with Crippen LogP contribution >= 0.6 is 0 Å². The van der Waals surface area contributed by atoms with Gasteiger partial charge in [0.15, 0.2) is 0 Å². The Kier molecular flexibility index (Phi) is 4.79. The minimum absolute atomic E-state index is 0.637. The number of pyridine rings is 1. The van der Waals surface area contributed by atoms with E-state index in [1.807, 2.05) is 19.2 Å². The van der Waals surface area contributed by atoms with Gasteiger partial charge >= 0.3 is 0 Å². The number of rotatable bonds is 5. The van der Waals surface area contributed by atoms with Crippen LogP contribution < -0.4 is 11.1 Å². The molecule has 0 saturated heterocycles. The zero-order chi connectivity index (χ0) is 13.0. The lowest BCUT2D eigenvalue weighted by molar-refractivity contribution is 0.304. The number of hydrogen-bond acceptors (Lipinski definition) is 3. The second-order valence-electron chi connectivity index (χ2n) is 5.48. The first kappa shape index (κ1) is 13.8. The van der Waals surface area contributed by atoms with E-state index < -0.39 is 0 Å². The molecule has 0 radical (unpaired) electrons. The zero-order valence-corrected chi connectivity index (χ0v) is 11.6. The fourth-order valence-electron chi connectivity index (χ4n) is 2.20. The molecule has 0 aliphatic rings. The van der Waals surface area contributed by atoms with Crippen LogP contribution in [-0.4, -0.2) is 11.5 Å². The van der Waals surface area contributed by atoms with Crippen LogP contribution in [0.25, 0.3) is 0 Å². The lowest BCUT2D eigenvalue weighted by Gasteiger charge is -2.25. The molecule has 1 rings (SSSR count). The molecule has 0 fully saturated rings. The molecule has 0 bridgehead atoms. The van der Waals surface area contributed by atoms with Crippen LogP contribution in [0.3, 0.4) is 0 Å². The molecule has 96 valence electrons. The van der Waals surface area contributed by atoms with Gasteiger partial charge in [0, 0.05) is 12.7 Å². The number of nitrogens with one attached hydrogen (secondary N) is 1. The summed E-state index contributed by atoms with van der Waals surface area (Å²) in [6, 6.07) is 1.95. The van der Waals surface area contributed by atoms with Crippen molar-refractivity contribution in [3.05, 3.63) is 17.8 Å². The van der Waals surface area contributed by atoms with Crippen molar-refractivity contribution >= 4 is 11.5 Å². The van der Waals surface area contributed by atoms with Gasteiger partial charge in [-0.05, 0) is 36.3 Å². The Hall–Kier alpha value is -1.25. The summed E-state index contributed by atoms with van der Waals surface area (Å²) in [6.07, 6.45) is 1.85. The summed E-state index contributed by atoms with van der Waals surface area (Å²) in [6.45, 7) is 12.0. The second kappa shape index (κ2) is 5.89. The van der Waals surface area contributed by atoms with E-state index in [-0.39, 0.29) is 0 Å². The number of hydrogen-bond donors (Lipinski definition) is 2.